The maximum atomic E-state index is 10.6. The quantitative estimate of drug-likeness (QED) is 0.566. The number of benzene rings is 1. The SMILES string of the molecule is Cc1ccc(C(=O)Cl)cc1N.Cl. The number of carbonyl (C=O) groups excluding carboxylic acids is 1. The highest BCUT2D eigenvalue weighted by Crippen LogP contribution is 2.13. The predicted molar refractivity (Wildman–Crippen MR) is 53.0 cm³/mol. The molecule has 0 heterocycles. The summed E-state index contributed by atoms with van der Waals surface area (Å²) in [7, 11) is 0. The maximum absolute atomic E-state index is 10.6. The van der Waals surface area contributed by atoms with Gasteiger partial charge in [-0.3, -0.25) is 4.79 Å². The lowest BCUT2D eigenvalue weighted by molar-refractivity contribution is 0.108. The summed E-state index contributed by atoms with van der Waals surface area (Å²) in [6, 6.07) is 5.00. The number of rotatable bonds is 1. The first-order valence-electron chi connectivity index (χ1n) is 3.17. The van der Waals surface area contributed by atoms with Crippen molar-refractivity contribution in [3.8, 4) is 0 Å². The normalized spacial score (nSPS) is 8.83. The second-order valence-electron chi connectivity index (χ2n) is 2.35. The molecule has 1 aromatic carbocycles. The largest absolute Gasteiger partial charge is 0.398 e. The molecule has 1 aromatic rings. The minimum atomic E-state index is -0.475. The molecule has 0 amide bonds. The van der Waals surface area contributed by atoms with E-state index in [1.807, 2.05) is 6.92 Å². The van der Waals surface area contributed by atoms with E-state index in [-0.39, 0.29) is 12.4 Å². The molecular formula is C8H9Cl2NO. The van der Waals surface area contributed by atoms with Gasteiger partial charge >= 0.3 is 0 Å². The van der Waals surface area contributed by atoms with E-state index >= 15 is 0 Å². The third-order valence-electron chi connectivity index (χ3n) is 1.51. The summed E-state index contributed by atoms with van der Waals surface area (Å²) in [6.07, 6.45) is 0. The summed E-state index contributed by atoms with van der Waals surface area (Å²) >= 11 is 5.23. The molecule has 2 N–H and O–H groups in total. The summed E-state index contributed by atoms with van der Waals surface area (Å²) in [5, 5.41) is -0.475. The Labute approximate surface area is 82.1 Å². The van der Waals surface area contributed by atoms with Crippen LogP contribution in [0.4, 0.5) is 5.69 Å². The maximum Gasteiger partial charge on any atom is 0.252 e. The molecular weight excluding hydrogens is 197 g/mol. The number of nitrogen functional groups attached to an aromatic ring is 1. The van der Waals surface area contributed by atoms with Crippen molar-refractivity contribution in [2.75, 3.05) is 5.73 Å². The first kappa shape index (κ1) is 11.3. The second-order valence-corrected chi connectivity index (χ2v) is 2.69. The van der Waals surface area contributed by atoms with Crippen molar-refractivity contribution in [3.63, 3.8) is 0 Å². The standard InChI is InChI=1S/C8H8ClNO.ClH/c1-5-2-3-6(8(9)11)4-7(5)10;/h2-4H,10H2,1H3;1H. The Morgan fingerprint density at radius 3 is 2.50 bits per heavy atom. The lowest BCUT2D eigenvalue weighted by atomic mass is 10.1. The first-order valence-corrected chi connectivity index (χ1v) is 3.55. The zero-order chi connectivity index (χ0) is 8.43. The molecule has 0 radical (unpaired) electrons. The van der Waals surface area contributed by atoms with Gasteiger partial charge in [0, 0.05) is 11.3 Å². The Hall–Kier alpha value is -0.730. The van der Waals surface area contributed by atoms with Gasteiger partial charge in [-0.15, -0.1) is 12.4 Å². The average Bonchev–Trinajstić information content (AvgIpc) is 1.94. The molecule has 0 aliphatic heterocycles. The van der Waals surface area contributed by atoms with Crippen LogP contribution in [0.25, 0.3) is 0 Å². The molecule has 4 heteroatoms. The molecule has 0 saturated carbocycles. The van der Waals surface area contributed by atoms with Crippen LogP contribution in [-0.2, 0) is 0 Å². The van der Waals surface area contributed by atoms with Crippen molar-refractivity contribution in [1.29, 1.82) is 0 Å². The molecule has 1 rings (SSSR count). The molecule has 0 bridgehead atoms. The lowest BCUT2D eigenvalue weighted by Gasteiger charge is -1.99. The molecule has 0 aromatic heterocycles. The zero-order valence-electron chi connectivity index (χ0n) is 6.50. The minimum Gasteiger partial charge on any atom is -0.398 e. The van der Waals surface area contributed by atoms with E-state index in [0.717, 1.165) is 5.56 Å². The van der Waals surface area contributed by atoms with Crippen LogP contribution >= 0.6 is 24.0 Å². The summed E-state index contributed by atoms with van der Waals surface area (Å²) < 4.78 is 0. The van der Waals surface area contributed by atoms with Gasteiger partial charge in [0.15, 0.2) is 0 Å². The van der Waals surface area contributed by atoms with Gasteiger partial charge in [0.1, 0.15) is 0 Å². The predicted octanol–water partition coefficient (Wildman–Crippen LogP) is 2.38. The van der Waals surface area contributed by atoms with Crippen LogP contribution in [0.1, 0.15) is 15.9 Å². The summed E-state index contributed by atoms with van der Waals surface area (Å²) in [4.78, 5) is 10.6. The van der Waals surface area contributed by atoms with Gasteiger partial charge in [-0.1, -0.05) is 6.07 Å². The lowest BCUT2D eigenvalue weighted by Crippen LogP contribution is -1.94. The van der Waals surface area contributed by atoms with Gasteiger partial charge < -0.3 is 5.73 Å². The van der Waals surface area contributed by atoms with Crippen LogP contribution in [-0.4, -0.2) is 5.24 Å². The molecule has 0 fully saturated rings. The number of hydrogen-bond acceptors (Lipinski definition) is 2. The van der Waals surface area contributed by atoms with Gasteiger partial charge in [-0.2, -0.15) is 0 Å². The molecule has 0 aliphatic rings. The minimum absolute atomic E-state index is 0. The molecule has 2 nitrogen and oxygen atoms in total. The van der Waals surface area contributed by atoms with Crippen molar-refractivity contribution in [2.45, 2.75) is 6.92 Å². The van der Waals surface area contributed by atoms with Gasteiger partial charge in [-0.05, 0) is 36.2 Å². The fraction of sp³-hybridized carbons (Fsp3) is 0.125. The smallest absolute Gasteiger partial charge is 0.252 e. The number of carbonyl (C=O) groups is 1. The second kappa shape index (κ2) is 4.33. The van der Waals surface area contributed by atoms with Gasteiger partial charge in [-0.25, -0.2) is 0 Å². The Morgan fingerprint density at radius 2 is 2.08 bits per heavy atom. The summed E-state index contributed by atoms with van der Waals surface area (Å²) in [5.41, 5.74) is 7.53. The van der Waals surface area contributed by atoms with E-state index in [2.05, 4.69) is 0 Å². The van der Waals surface area contributed by atoms with Crippen molar-refractivity contribution in [3.05, 3.63) is 29.3 Å². The fourth-order valence-corrected chi connectivity index (χ4v) is 0.880. The highest BCUT2D eigenvalue weighted by molar-refractivity contribution is 6.67. The van der Waals surface area contributed by atoms with Gasteiger partial charge in [0.2, 0.25) is 0 Å². The van der Waals surface area contributed by atoms with Crippen LogP contribution in [0.5, 0.6) is 0 Å². The number of aryl methyl sites for hydroxylation is 1. The van der Waals surface area contributed by atoms with E-state index in [1.54, 1.807) is 18.2 Å². The van der Waals surface area contributed by atoms with Crippen LogP contribution in [0.15, 0.2) is 18.2 Å². The van der Waals surface area contributed by atoms with Crippen LogP contribution in [0.2, 0.25) is 0 Å². The topological polar surface area (TPSA) is 43.1 Å². The molecule has 66 valence electrons. The van der Waals surface area contributed by atoms with Crippen LogP contribution < -0.4 is 5.73 Å². The van der Waals surface area contributed by atoms with Gasteiger partial charge in [0.25, 0.3) is 5.24 Å². The summed E-state index contributed by atoms with van der Waals surface area (Å²) in [6.45, 7) is 1.87. The van der Waals surface area contributed by atoms with E-state index < -0.39 is 5.24 Å². The van der Waals surface area contributed by atoms with Gasteiger partial charge in [0.05, 0.1) is 0 Å². The van der Waals surface area contributed by atoms with E-state index in [4.69, 9.17) is 17.3 Å². The van der Waals surface area contributed by atoms with Crippen LogP contribution in [0, 0.1) is 6.92 Å². The first-order chi connectivity index (χ1) is 5.11. The Balaban J connectivity index is 0.00000121. The number of halogens is 2. The number of nitrogens with two attached hydrogens (primary N) is 1. The van der Waals surface area contributed by atoms with E-state index in [0.29, 0.717) is 11.3 Å². The Kier molecular flexibility index (Phi) is 4.07. The Bertz CT molecular complexity index is 299. The molecule has 12 heavy (non-hydrogen) atoms. The number of anilines is 1. The monoisotopic (exact) mass is 205 g/mol. The third kappa shape index (κ3) is 2.40. The van der Waals surface area contributed by atoms with Crippen LogP contribution in [0.3, 0.4) is 0 Å². The Morgan fingerprint density at radius 1 is 1.50 bits per heavy atom. The van der Waals surface area contributed by atoms with Crippen molar-refractivity contribution >= 4 is 34.9 Å². The van der Waals surface area contributed by atoms with Crippen molar-refractivity contribution < 1.29 is 4.79 Å². The highest BCUT2D eigenvalue weighted by atomic mass is 35.5. The van der Waals surface area contributed by atoms with E-state index in [1.165, 1.54) is 0 Å². The van der Waals surface area contributed by atoms with Crippen molar-refractivity contribution in [2.24, 2.45) is 0 Å². The zero-order valence-corrected chi connectivity index (χ0v) is 8.08. The summed E-state index contributed by atoms with van der Waals surface area (Å²) in [5.74, 6) is 0. The van der Waals surface area contributed by atoms with E-state index in [9.17, 15) is 4.79 Å². The molecule has 0 aliphatic carbocycles. The molecule has 0 saturated heterocycles. The van der Waals surface area contributed by atoms with Crippen molar-refractivity contribution in [1.82, 2.24) is 0 Å². The molecule has 0 atom stereocenters. The fourth-order valence-electron chi connectivity index (χ4n) is 0.763. The highest BCUT2D eigenvalue weighted by Gasteiger charge is 2.01. The number of hydrogen-bond donors (Lipinski definition) is 1. The average molecular weight is 206 g/mol. The molecule has 0 spiro atoms. The molecule has 0 unspecified atom stereocenters. The third-order valence-corrected chi connectivity index (χ3v) is 1.72.